The van der Waals surface area contributed by atoms with E-state index < -0.39 is 6.04 Å². The molecule has 246 valence electrons. The number of ether oxygens (including phenoxy) is 2. The maximum atomic E-state index is 13.9. The smallest absolute Gasteiger partial charge is 0.272 e. The van der Waals surface area contributed by atoms with E-state index in [9.17, 15) is 14.4 Å². The standard InChI is InChI=1S/C36H47N5O5/c1-36(2)21-26(36)27(20-32(42)37-22-33(43)40(3)4)38-35(44)28-19-29(41(39-28)25-15-10-7-11-16-25)34-30(45-5)17-12-18-31(34)46-23-24-13-8-6-9-14-24/h6,8-9,12-14,17-19,25-27H,7,10-11,15-16,20-23H2,1-5H3,(H,37,42)(H,38,44)/t26?,27-/m1/s1. The molecule has 2 atom stereocenters. The highest BCUT2D eigenvalue weighted by Crippen LogP contribution is 2.54. The summed E-state index contributed by atoms with van der Waals surface area (Å²) >= 11 is 0. The van der Waals surface area contributed by atoms with Gasteiger partial charge in [0.15, 0.2) is 5.69 Å². The summed E-state index contributed by atoms with van der Waals surface area (Å²) < 4.78 is 14.2. The van der Waals surface area contributed by atoms with Crippen LogP contribution in [-0.2, 0) is 16.2 Å². The van der Waals surface area contributed by atoms with Crippen LogP contribution in [0, 0.1) is 11.3 Å². The van der Waals surface area contributed by atoms with Crippen molar-refractivity contribution in [3.8, 4) is 22.8 Å². The van der Waals surface area contributed by atoms with Gasteiger partial charge >= 0.3 is 0 Å². The number of benzene rings is 2. The van der Waals surface area contributed by atoms with Crippen LogP contribution in [0.1, 0.15) is 80.9 Å². The van der Waals surface area contributed by atoms with Crippen LogP contribution in [0.5, 0.6) is 11.5 Å². The molecule has 2 aromatic carbocycles. The zero-order valence-corrected chi connectivity index (χ0v) is 27.7. The number of hydrogen-bond donors (Lipinski definition) is 2. The zero-order valence-electron chi connectivity index (χ0n) is 27.7. The van der Waals surface area contributed by atoms with Crippen molar-refractivity contribution in [3.63, 3.8) is 0 Å². The second kappa shape index (κ2) is 14.4. The number of nitrogens with zero attached hydrogens (tertiary/aromatic N) is 3. The van der Waals surface area contributed by atoms with Crippen LogP contribution in [0.2, 0.25) is 0 Å². The van der Waals surface area contributed by atoms with Crippen LogP contribution < -0.4 is 20.1 Å². The second-order valence-corrected chi connectivity index (χ2v) is 13.4. The highest BCUT2D eigenvalue weighted by Gasteiger charge is 2.51. The Kier molecular flexibility index (Phi) is 10.3. The summed E-state index contributed by atoms with van der Waals surface area (Å²) in [5.74, 6) is 0.627. The average molecular weight is 630 g/mol. The van der Waals surface area contributed by atoms with E-state index in [4.69, 9.17) is 14.6 Å². The lowest BCUT2D eigenvalue weighted by atomic mass is 9.95. The van der Waals surface area contributed by atoms with E-state index in [1.165, 1.54) is 11.3 Å². The minimum Gasteiger partial charge on any atom is -0.496 e. The first kappa shape index (κ1) is 33.0. The van der Waals surface area contributed by atoms with E-state index >= 15 is 0 Å². The van der Waals surface area contributed by atoms with Crippen molar-refractivity contribution in [2.75, 3.05) is 27.7 Å². The number of aromatic nitrogens is 2. The van der Waals surface area contributed by atoms with Gasteiger partial charge in [0.1, 0.15) is 18.1 Å². The second-order valence-electron chi connectivity index (χ2n) is 13.4. The predicted octanol–water partition coefficient (Wildman–Crippen LogP) is 5.38. The molecule has 5 rings (SSSR count). The summed E-state index contributed by atoms with van der Waals surface area (Å²) in [6.07, 6.45) is 6.29. The molecule has 46 heavy (non-hydrogen) atoms. The molecule has 0 radical (unpaired) electrons. The monoisotopic (exact) mass is 629 g/mol. The molecule has 3 amide bonds. The normalized spacial score (nSPS) is 17.9. The molecule has 1 unspecified atom stereocenters. The van der Waals surface area contributed by atoms with E-state index in [1.807, 2.05) is 59.3 Å². The fourth-order valence-electron chi connectivity index (χ4n) is 6.42. The Hall–Kier alpha value is -4.34. The first-order valence-corrected chi connectivity index (χ1v) is 16.3. The van der Waals surface area contributed by atoms with Crippen LogP contribution in [0.15, 0.2) is 54.6 Å². The van der Waals surface area contributed by atoms with Crippen molar-refractivity contribution in [1.82, 2.24) is 25.3 Å². The number of likely N-dealkylation sites (N-methyl/N-ethyl adjacent to an activating group) is 1. The Labute approximate surface area is 271 Å². The topological polar surface area (TPSA) is 115 Å². The number of hydrogen-bond acceptors (Lipinski definition) is 6. The quantitative estimate of drug-likeness (QED) is 0.262. The highest BCUT2D eigenvalue weighted by atomic mass is 16.5. The van der Waals surface area contributed by atoms with Crippen molar-refractivity contribution in [3.05, 3.63) is 65.9 Å². The van der Waals surface area contributed by atoms with Gasteiger partial charge < -0.3 is 25.0 Å². The molecule has 3 aromatic rings. The summed E-state index contributed by atoms with van der Waals surface area (Å²) in [6.45, 7) is 4.58. The van der Waals surface area contributed by atoms with Gasteiger partial charge in [-0.1, -0.05) is 69.5 Å². The summed E-state index contributed by atoms with van der Waals surface area (Å²) in [6, 6.07) is 17.3. The molecule has 2 aliphatic rings. The summed E-state index contributed by atoms with van der Waals surface area (Å²) in [4.78, 5) is 40.3. The van der Waals surface area contributed by atoms with E-state index in [-0.39, 0.29) is 53.8 Å². The molecular weight excluding hydrogens is 582 g/mol. The molecule has 2 N–H and O–H groups in total. The molecular formula is C36H47N5O5. The summed E-state index contributed by atoms with van der Waals surface area (Å²) in [5.41, 5.74) is 2.85. The predicted molar refractivity (Wildman–Crippen MR) is 177 cm³/mol. The van der Waals surface area contributed by atoms with E-state index in [0.29, 0.717) is 18.1 Å². The maximum absolute atomic E-state index is 13.9. The van der Waals surface area contributed by atoms with Crippen molar-refractivity contribution < 1.29 is 23.9 Å². The average Bonchev–Trinajstić information content (AvgIpc) is 3.48. The molecule has 2 fully saturated rings. The third-order valence-electron chi connectivity index (χ3n) is 9.32. The Morgan fingerprint density at radius 2 is 1.72 bits per heavy atom. The van der Waals surface area contributed by atoms with E-state index in [0.717, 1.165) is 48.9 Å². The van der Waals surface area contributed by atoms with Crippen molar-refractivity contribution in [2.24, 2.45) is 11.3 Å². The molecule has 2 saturated carbocycles. The molecule has 1 heterocycles. The Morgan fingerprint density at radius 1 is 1.02 bits per heavy atom. The summed E-state index contributed by atoms with van der Waals surface area (Å²) in [7, 11) is 4.93. The number of rotatable bonds is 13. The van der Waals surface area contributed by atoms with Crippen molar-refractivity contribution in [2.45, 2.75) is 77.5 Å². The van der Waals surface area contributed by atoms with Crippen LogP contribution in [0.3, 0.4) is 0 Å². The number of methoxy groups -OCH3 is 1. The number of amides is 3. The van der Waals surface area contributed by atoms with Crippen molar-refractivity contribution in [1.29, 1.82) is 0 Å². The van der Waals surface area contributed by atoms with Gasteiger partial charge in [-0.05, 0) is 54.4 Å². The molecule has 0 saturated heterocycles. The molecule has 0 bridgehead atoms. The van der Waals surface area contributed by atoms with Crippen LogP contribution >= 0.6 is 0 Å². The largest absolute Gasteiger partial charge is 0.496 e. The van der Waals surface area contributed by atoms with Crippen molar-refractivity contribution >= 4 is 17.7 Å². The molecule has 2 aliphatic carbocycles. The van der Waals surface area contributed by atoms with Gasteiger partial charge in [-0.2, -0.15) is 5.10 Å². The lowest BCUT2D eigenvalue weighted by Gasteiger charge is -2.25. The van der Waals surface area contributed by atoms with E-state index in [1.54, 1.807) is 21.2 Å². The van der Waals surface area contributed by atoms with E-state index in [2.05, 4.69) is 24.5 Å². The molecule has 10 heteroatoms. The third kappa shape index (κ3) is 7.89. The van der Waals surface area contributed by atoms with Crippen LogP contribution in [-0.4, -0.2) is 66.2 Å². The Bertz CT molecular complexity index is 1530. The fraction of sp³-hybridized carbons (Fsp3) is 0.500. The maximum Gasteiger partial charge on any atom is 0.272 e. The minimum absolute atomic E-state index is 0.00665. The number of carbonyl (C=O) groups excluding carboxylic acids is 3. The lowest BCUT2D eigenvalue weighted by Crippen LogP contribution is -2.43. The Balaban J connectivity index is 1.44. The lowest BCUT2D eigenvalue weighted by molar-refractivity contribution is -0.131. The molecule has 10 nitrogen and oxygen atoms in total. The van der Waals surface area contributed by atoms with Gasteiger partial charge in [0.05, 0.1) is 31.0 Å². The highest BCUT2D eigenvalue weighted by molar-refractivity contribution is 5.95. The number of nitrogens with one attached hydrogen (secondary N) is 2. The zero-order chi connectivity index (χ0) is 32.8. The molecule has 0 aliphatic heterocycles. The molecule has 0 spiro atoms. The van der Waals surface area contributed by atoms with Gasteiger partial charge in [-0.15, -0.1) is 0 Å². The first-order chi connectivity index (χ1) is 22.1. The van der Waals surface area contributed by atoms with Gasteiger partial charge in [0, 0.05) is 26.6 Å². The number of carbonyl (C=O) groups is 3. The minimum atomic E-state index is -0.392. The van der Waals surface area contributed by atoms with Gasteiger partial charge in [-0.25, -0.2) is 0 Å². The van der Waals surface area contributed by atoms with Gasteiger partial charge in [0.25, 0.3) is 5.91 Å². The van der Waals surface area contributed by atoms with Gasteiger partial charge in [0.2, 0.25) is 11.8 Å². The van der Waals surface area contributed by atoms with Crippen LogP contribution in [0.25, 0.3) is 11.3 Å². The third-order valence-corrected chi connectivity index (χ3v) is 9.32. The molecule has 1 aromatic heterocycles. The Morgan fingerprint density at radius 3 is 2.37 bits per heavy atom. The SMILES string of the molecule is COc1cccc(OCc2ccccc2)c1-c1cc(C(=O)N[C@H](CC(=O)NCC(=O)N(C)C)C2CC2(C)C)nn1C1CCCCC1. The fourth-order valence-corrected chi connectivity index (χ4v) is 6.42. The van der Waals surface area contributed by atoms with Gasteiger partial charge in [-0.3, -0.25) is 19.1 Å². The summed E-state index contributed by atoms with van der Waals surface area (Å²) in [5, 5.41) is 10.8. The van der Waals surface area contributed by atoms with Crippen LogP contribution in [0.4, 0.5) is 0 Å². The first-order valence-electron chi connectivity index (χ1n) is 16.3.